The van der Waals surface area contributed by atoms with E-state index in [1.807, 2.05) is 20.9 Å². The third-order valence-corrected chi connectivity index (χ3v) is 3.40. The Kier molecular flexibility index (Phi) is 7.26. The fourth-order valence-electron chi connectivity index (χ4n) is 2.27. The molecule has 0 aromatic rings. The van der Waals surface area contributed by atoms with Gasteiger partial charge in [-0.3, -0.25) is 0 Å². The molecule has 118 valence electrons. The number of urea groups is 1. The van der Waals surface area contributed by atoms with E-state index in [1.54, 1.807) is 0 Å². The second-order valence-electron chi connectivity index (χ2n) is 5.86. The van der Waals surface area contributed by atoms with Crippen molar-refractivity contribution in [3.8, 4) is 0 Å². The van der Waals surface area contributed by atoms with Crippen molar-refractivity contribution >= 4 is 6.03 Å². The Bertz CT molecular complexity index is 299. The molecule has 0 aliphatic carbocycles. The Morgan fingerprint density at radius 3 is 2.80 bits per heavy atom. The van der Waals surface area contributed by atoms with Crippen LogP contribution in [0.5, 0.6) is 0 Å². The summed E-state index contributed by atoms with van der Waals surface area (Å²) in [4.78, 5) is 13.8. The summed E-state index contributed by atoms with van der Waals surface area (Å²) < 4.78 is 5.60. The molecule has 1 fully saturated rings. The first kappa shape index (κ1) is 17.2. The van der Waals surface area contributed by atoms with Crippen LogP contribution in [0.25, 0.3) is 0 Å². The average Bonchev–Trinajstić information content (AvgIpc) is 2.68. The monoisotopic (exact) mass is 287 g/mol. The maximum Gasteiger partial charge on any atom is 0.315 e. The standard InChI is InChI=1S/C14H29N3O3/c1-5-6-7-17(4)8-12-13(18)11(9-20-12)16-14(19)15-10(2)3/h10-13,18H,5-9H2,1-4H3,(H2,15,16,19)/t11-,12-,13+/m0/s1. The van der Waals surface area contributed by atoms with Gasteiger partial charge in [-0.2, -0.15) is 0 Å². The molecule has 0 spiro atoms. The molecule has 1 aliphatic heterocycles. The summed E-state index contributed by atoms with van der Waals surface area (Å²) in [5, 5.41) is 15.7. The van der Waals surface area contributed by atoms with E-state index in [9.17, 15) is 9.90 Å². The minimum absolute atomic E-state index is 0.0745. The maximum atomic E-state index is 11.6. The van der Waals surface area contributed by atoms with Crippen LogP contribution in [0, 0.1) is 0 Å². The van der Waals surface area contributed by atoms with Gasteiger partial charge in [0.2, 0.25) is 0 Å². The van der Waals surface area contributed by atoms with Crippen molar-refractivity contribution in [2.75, 3.05) is 26.7 Å². The summed E-state index contributed by atoms with van der Waals surface area (Å²) in [6.45, 7) is 7.99. The van der Waals surface area contributed by atoms with Gasteiger partial charge in [-0.15, -0.1) is 0 Å². The zero-order valence-corrected chi connectivity index (χ0v) is 13.1. The summed E-state index contributed by atoms with van der Waals surface area (Å²) in [6, 6.07) is -0.517. The molecule has 2 amide bonds. The molecule has 3 atom stereocenters. The van der Waals surface area contributed by atoms with Crippen molar-refractivity contribution < 1.29 is 14.6 Å². The van der Waals surface area contributed by atoms with Crippen molar-refractivity contribution in [2.24, 2.45) is 0 Å². The molecule has 0 aromatic carbocycles. The number of carbonyl (C=O) groups is 1. The molecule has 0 bridgehead atoms. The van der Waals surface area contributed by atoms with Crippen LogP contribution < -0.4 is 10.6 Å². The third kappa shape index (κ3) is 5.64. The second-order valence-corrected chi connectivity index (χ2v) is 5.86. The van der Waals surface area contributed by atoms with Crippen LogP contribution in [0.3, 0.4) is 0 Å². The number of ether oxygens (including phenoxy) is 1. The van der Waals surface area contributed by atoms with E-state index < -0.39 is 6.10 Å². The number of rotatable bonds is 7. The lowest BCUT2D eigenvalue weighted by Gasteiger charge is -2.23. The number of unbranched alkanes of at least 4 members (excludes halogenated alkanes) is 1. The van der Waals surface area contributed by atoms with E-state index in [0.29, 0.717) is 13.2 Å². The van der Waals surface area contributed by atoms with Gasteiger partial charge in [0.15, 0.2) is 0 Å². The molecule has 0 aromatic heterocycles. The van der Waals surface area contributed by atoms with Crippen molar-refractivity contribution in [3.05, 3.63) is 0 Å². The minimum atomic E-state index is -0.656. The van der Waals surface area contributed by atoms with Gasteiger partial charge in [0.05, 0.1) is 18.8 Å². The number of nitrogens with one attached hydrogen (secondary N) is 2. The number of aliphatic hydroxyl groups is 1. The highest BCUT2D eigenvalue weighted by atomic mass is 16.5. The van der Waals surface area contributed by atoms with Crippen molar-refractivity contribution in [1.82, 2.24) is 15.5 Å². The van der Waals surface area contributed by atoms with Gasteiger partial charge in [-0.05, 0) is 33.9 Å². The molecule has 1 rings (SSSR count). The summed E-state index contributed by atoms with van der Waals surface area (Å²) >= 11 is 0. The molecule has 6 heteroatoms. The number of nitrogens with zero attached hydrogens (tertiary/aromatic N) is 1. The van der Waals surface area contributed by atoms with Crippen LogP contribution in [-0.2, 0) is 4.74 Å². The van der Waals surface area contributed by atoms with E-state index in [4.69, 9.17) is 4.74 Å². The number of amides is 2. The lowest BCUT2D eigenvalue weighted by Crippen LogP contribution is -2.50. The summed E-state index contributed by atoms with van der Waals surface area (Å²) in [6.07, 6.45) is 1.40. The number of likely N-dealkylation sites (N-methyl/N-ethyl adjacent to an activating group) is 1. The molecule has 3 N–H and O–H groups in total. The number of hydrogen-bond acceptors (Lipinski definition) is 4. The molecule has 1 aliphatic rings. The highest BCUT2D eigenvalue weighted by Gasteiger charge is 2.37. The van der Waals surface area contributed by atoms with Gasteiger partial charge >= 0.3 is 6.03 Å². The number of aliphatic hydroxyl groups excluding tert-OH is 1. The van der Waals surface area contributed by atoms with Crippen molar-refractivity contribution in [1.29, 1.82) is 0 Å². The smallest absolute Gasteiger partial charge is 0.315 e. The quantitative estimate of drug-likeness (QED) is 0.639. The van der Waals surface area contributed by atoms with Gasteiger partial charge in [-0.1, -0.05) is 13.3 Å². The zero-order valence-electron chi connectivity index (χ0n) is 13.1. The van der Waals surface area contributed by atoms with Crippen LogP contribution in [-0.4, -0.2) is 67.1 Å². The zero-order chi connectivity index (χ0) is 15.1. The summed E-state index contributed by atoms with van der Waals surface area (Å²) in [7, 11) is 2.03. The minimum Gasteiger partial charge on any atom is -0.388 e. The Morgan fingerprint density at radius 1 is 1.50 bits per heavy atom. The Balaban J connectivity index is 2.35. The van der Waals surface area contributed by atoms with Crippen LogP contribution in [0.2, 0.25) is 0 Å². The molecule has 0 unspecified atom stereocenters. The second kappa shape index (κ2) is 8.44. The summed E-state index contributed by atoms with van der Waals surface area (Å²) in [5.41, 5.74) is 0. The number of hydrogen-bond donors (Lipinski definition) is 3. The van der Waals surface area contributed by atoms with Crippen LogP contribution in [0.1, 0.15) is 33.6 Å². The highest BCUT2D eigenvalue weighted by molar-refractivity contribution is 5.74. The Hall–Kier alpha value is -0.850. The Morgan fingerprint density at radius 2 is 2.20 bits per heavy atom. The van der Waals surface area contributed by atoms with E-state index in [1.165, 1.54) is 0 Å². The predicted octanol–water partition coefficient (Wildman–Crippen LogP) is 0.554. The van der Waals surface area contributed by atoms with Crippen LogP contribution >= 0.6 is 0 Å². The molecular weight excluding hydrogens is 258 g/mol. The van der Waals surface area contributed by atoms with Gasteiger partial charge in [0.1, 0.15) is 6.10 Å². The largest absolute Gasteiger partial charge is 0.388 e. The van der Waals surface area contributed by atoms with Gasteiger partial charge in [-0.25, -0.2) is 4.79 Å². The summed E-state index contributed by atoms with van der Waals surface area (Å²) in [5.74, 6) is 0. The lowest BCUT2D eigenvalue weighted by molar-refractivity contribution is 0.0201. The first-order valence-corrected chi connectivity index (χ1v) is 7.49. The topological polar surface area (TPSA) is 73.8 Å². The molecule has 0 radical (unpaired) electrons. The molecule has 0 saturated carbocycles. The molecule has 1 saturated heterocycles. The van der Waals surface area contributed by atoms with E-state index in [0.717, 1.165) is 19.4 Å². The molecule has 20 heavy (non-hydrogen) atoms. The first-order valence-electron chi connectivity index (χ1n) is 7.49. The highest BCUT2D eigenvalue weighted by Crippen LogP contribution is 2.15. The van der Waals surface area contributed by atoms with Crippen LogP contribution in [0.4, 0.5) is 4.79 Å². The van der Waals surface area contributed by atoms with E-state index in [-0.39, 0.29) is 24.2 Å². The van der Waals surface area contributed by atoms with Gasteiger partial charge in [0, 0.05) is 12.6 Å². The third-order valence-electron chi connectivity index (χ3n) is 3.40. The van der Waals surface area contributed by atoms with E-state index in [2.05, 4.69) is 22.5 Å². The fourth-order valence-corrected chi connectivity index (χ4v) is 2.27. The van der Waals surface area contributed by atoms with Crippen molar-refractivity contribution in [3.63, 3.8) is 0 Å². The van der Waals surface area contributed by atoms with Crippen molar-refractivity contribution in [2.45, 2.75) is 57.9 Å². The normalized spacial score (nSPS) is 26.2. The SMILES string of the molecule is CCCCN(C)C[C@@H]1OC[C@H](NC(=O)NC(C)C)[C@H]1O. The first-order chi connectivity index (χ1) is 9.43. The Labute approximate surface area is 121 Å². The average molecular weight is 287 g/mol. The van der Waals surface area contributed by atoms with Gasteiger partial charge < -0.3 is 25.4 Å². The molecule has 1 heterocycles. The predicted molar refractivity (Wildman–Crippen MR) is 78.7 cm³/mol. The lowest BCUT2D eigenvalue weighted by atomic mass is 10.1. The maximum absolute atomic E-state index is 11.6. The molecular formula is C14H29N3O3. The van der Waals surface area contributed by atoms with Gasteiger partial charge in [0.25, 0.3) is 0 Å². The molecule has 6 nitrogen and oxygen atoms in total. The van der Waals surface area contributed by atoms with E-state index >= 15 is 0 Å². The number of carbonyl (C=O) groups excluding carboxylic acids is 1. The fraction of sp³-hybridized carbons (Fsp3) is 0.929. The van der Waals surface area contributed by atoms with Crippen LogP contribution in [0.15, 0.2) is 0 Å².